The van der Waals surface area contributed by atoms with Gasteiger partial charge in [-0.05, 0) is 19.4 Å². The van der Waals surface area contributed by atoms with Crippen LogP contribution in [0.15, 0.2) is 12.7 Å². The van der Waals surface area contributed by atoms with E-state index >= 15 is 0 Å². The van der Waals surface area contributed by atoms with Crippen molar-refractivity contribution < 1.29 is 18.4 Å². The van der Waals surface area contributed by atoms with Crippen LogP contribution in [0.1, 0.15) is 26.7 Å². The second-order valence-corrected chi connectivity index (χ2v) is 6.78. The summed E-state index contributed by atoms with van der Waals surface area (Å²) in [6.07, 6.45) is 3.22. The van der Waals surface area contributed by atoms with Gasteiger partial charge in [0.15, 0.2) is 0 Å². The molecule has 5 heteroatoms. The summed E-state index contributed by atoms with van der Waals surface area (Å²) in [6, 6.07) is 0. The Morgan fingerprint density at radius 2 is 1.75 bits per heavy atom. The molecule has 0 rings (SSSR count). The van der Waals surface area contributed by atoms with E-state index in [0.717, 1.165) is 18.9 Å². The third-order valence-electron chi connectivity index (χ3n) is 1.87. The van der Waals surface area contributed by atoms with Crippen molar-refractivity contribution in [3.05, 3.63) is 12.7 Å². The Balaban J connectivity index is 4.16. The van der Waals surface area contributed by atoms with E-state index in [1.54, 1.807) is 0 Å². The summed E-state index contributed by atoms with van der Waals surface area (Å²) in [7, 11) is -2.36. The highest BCUT2D eigenvalue weighted by Crippen LogP contribution is 2.09. The standard InChI is InChI=1S/C11H22O4Si/c1-5-8-14-16(4,15-9-6-2)10-13-11(12)7-3/h7H,3,5-6,8-10H2,1-2,4H3. The van der Waals surface area contributed by atoms with E-state index in [1.165, 1.54) is 0 Å². The van der Waals surface area contributed by atoms with Crippen LogP contribution < -0.4 is 0 Å². The van der Waals surface area contributed by atoms with Crippen LogP contribution >= 0.6 is 0 Å². The number of rotatable bonds is 9. The first-order chi connectivity index (χ1) is 7.58. The second kappa shape index (κ2) is 8.49. The maximum Gasteiger partial charge on any atom is 0.374 e. The fourth-order valence-corrected chi connectivity index (χ4v) is 2.95. The number of esters is 1. The minimum atomic E-state index is -2.36. The van der Waals surface area contributed by atoms with Crippen LogP contribution in [0.25, 0.3) is 0 Å². The molecule has 0 aromatic heterocycles. The van der Waals surface area contributed by atoms with Gasteiger partial charge in [0.1, 0.15) is 6.23 Å². The van der Waals surface area contributed by atoms with Crippen LogP contribution in [0.3, 0.4) is 0 Å². The number of hydrogen-bond donors (Lipinski definition) is 0. The number of ether oxygens (including phenoxy) is 1. The molecule has 0 radical (unpaired) electrons. The topological polar surface area (TPSA) is 44.8 Å². The molecule has 4 nitrogen and oxygen atoms in total. The Morgan fingerprint density at radius 1 is 1.25 bits per heavy atom. The van der Waals surface area contributed by atoms with Crippen LogP contribution in [0.4, 0.5) is 0 Å². The molecule has 0 saturated heterocycles. The lowest BCUT2D eigenvalue weighted by molar-refractivity contribution is -0.136. The predicted molar refractivity (Wildman–Crippen MR) is 65.3 cm³/mol. The zero-order chi connectivity index (χ0) is 12.4. The quantitative estimate of drug-likeness (QED) is 0.355. The van der Waals surface area contributed by atoms with Crippen LogP contribution in [0.2, 0.25) is 6.55 Å². The van der Waals surface area contributed by atoms with Gasteiger partial charge in [-0.25, -0.2) is 4.79 Å². The summed E-state index contributed by atoms with van der Waals surface area (Å²) in [4.78, 5) is 11.0. The zero-order valence-corrected chi connectivity index (χ0v) is 11.5. The molecule has 0 bridgehead atoms. The molecule has 0 heterocycles. The summed E-state index contributed by atoms with van der Waals surface area (Å²) < 4.78 is 16.4. The van der Waals surface area contributed by atoms with Crippen LogP contribution in [-0.4, -0.2) is 34.0 Å². The predicted octanol–water partition coefficient (Wildman–Crippen LogP) is 2.18. The fourth-order valence-electron chi connectivity index (χ4n) is 1.02. The van der Waals surface area contributed by atoms with Crippen molar-refractivity contribution in [2.75, 3.05) is 19.4 Å². The summed E-state index contributed by atoms with van der Waals surface area (Å²) in [5.74, 6) is -0.432. The third-order valence-corrected chi connectivity index (χ3v) is 4.16. The first-order valence-corrected chi connectivity index (χ1v) is 8.17. The van der Waals surface area contributed by atoms with E-state index in [9.17, 15) is 4.79 Å². The Kier molecular flexibility index (Phi) is 8.15. The minimum absolute atomic E-state index is 0.220. The molecule has 0 saturated carbocycles. The smallest absolute Gasteiger partial charge is 0.374 e. The van der Waals surface area contributed by atoms with Crippen molar-refractivity contribution in [3.8, 4) is 0 Å². The molecule has 0 aliphatic heterocycles. The molecule has 16 heavy (non-hydrogen) atoms. The van der Waals surface area contributed by atoms with E-state index in [2.05, 4.69) is 6.58 Å². The van der Waals surface area contributed by atoms with E-state index < -0.39 is 14.5 Å². The van der Waals surface area contributed by atoms with Gasteiger partial charge in [0.2, 0.25) is 0 Å². The lowest BCUT2D eigenvalue weighted by Gasteiger charge is -2.26. The minimum Gasteiger partial charge on any atom is -0.461 e. The molecule has 0 unspecified atom stereocenters. The highest BCUT2D eigenvalue weighted by Gasteiger charge is 2.33. The second-order valence-electron chi connectivity index (χ2n) is 3.64. The average Bonchev–Trinajstić information content (AvgIpc) is 2.31. The summed E-state index contributed by atoms with van der Waals surface area (Å²) >= 11 is 0. The highest BCUT2D eigenvalue weighted by atomic mass is 28.4. The number of hydrogen-bond acceptors (Lipinski definition) is 4. The maximum atomic E-state index is 11.0. The molecule has 0 aromatic rings. The van der Waals surface area contributed by atoms with Gasteiger partial charge in [-0.2, -0.15) is 0 Å². The number of carbonyl (C=O) groups is 1. The normalized spacial score (nSPS) is 11.2. The van der Waals surface area contributed by atoms with Gasteiger partial charge in [0.25, 0.3) is 0 Å². The Hall–Kier alpha value is -0.653. The Bertz CT molecular complexity index is 210. The fraction of sp³-hybridized carbons (Fsp3) is 0.727. The van der Waals surface area contributed by atoms with Crippen molar-refractivity contribution >= 4 is 14.5 Å². The molecule has 0 amide bonds. The molecule has 0 aromatic carbocycles. The molecule has 0 spiro atoms. The van der Waals surface area contributed by atoms with Crippen molar-refractivity contribution in [1.29, 1.82) is 0 Å². The molecule has 0 aliphatic carbocycles. The van der Waals surface area contributed by atoms with E-state index in [-0.39, 0.29) is 6.23 Å². The molecular formula is C11H22O4Si. The highest BCUT2D eigenvalue weighted by molar-refractivity contribution is 6.66. The lowest BCUT2D eigenvalue weighted by atomic mass is 10.5. The summed E-state index contributed by atoms with van der Waals surface area (Å²) in [6.45, 7) is 10.6. The van der Waals surface area contributed by atoms with E-state index in [0.29, 0.717) is 13.2 Å². The SMILES string of the molecule is C=CC(=O)OC[Si](C)(OCCC)OCCC. The molecule has 0 fully saturated rings. The lowest BCUT2D eigenvalue weighted by Crippen LogP contribution is -2.45. The van der Waals surface area contributed by atoms with Gasteiger partial charge in [0.05, 0.1) is 0 Å². The molecule has 0 aliphatic rings. The number of carbonyl (C=O) groups excluding carboxylic acids is 1. The van der Waals surface area contributed by atoms with Gasteiger partial charge < -0.3 is 13.6 Å². The van der Waals surface area contributed by atoms with Gasteiger partial charge >= 0.3 is 14.5 Å². The summed E-state index contributed by atoms with van der Waals surface area (Å²) in [5, 5.41) is 0. The molecule has 0 N–H and O–H groups in total. The molecular weight excluding hydrogens is 224 g/mol. The monoisotopic (exact) mass is 246 g/mol. The molecule has 0 atom stereocenters. The zero-order valence-electron chi connectivity index (χ0n) is 10.5. The van der Waals surface area contributed by atoms with Crippen LogP contribution in [0.5, 0.6) is 0 Å². The van der Waals surface area contributed by atoms with Crippen LogP contribution in [-0.2, 0) is 18.4 Å². The van der Waals surface area contributed by atoms with E-state index in [1.807, 2.05) is 20.4 Å². The summed E-state index contributed by atoms with van der Waals surface area (Å²) in [5.41, 5.74) is 0. The maximum absolute atomic E-state index is 11.0. The first-order valence-electron chi connectivity index (χ1n) is 5.65. The van der Waals surface area contributed by atoms with Gasteiger partial charge in [-0.3, -0.25) is 0 Å². The Labute approximate surface area is 98.8 Å². The van der Waals surface area contributed by atoms with Crippen molar-refractivity contribution in [2.24, 2.45) is 0 Å². The van der Waals surface area contributed by atoms with Crippen molar-refractivity contribution in [3.63, 3.8) is 0 Å². The van der Waals surface area contributed by atoms with Gasteiger partial charge in [0, 0.05) is 19.3 Å². The third kappa shape index (κ3) is 6.76. The van der Waals surface area contributed by atoms with E-state index in [4.69, 9.17) is 13.6 Å². The van der Waals surface area contributed by atoms with Crippen molar-refractivity contribution in [1.82, 2.24) is 0 Å². The Morgan fingerprint density at radius 3 is 2.12 bits per heavy atom. The molecule has 94 valence electrons. The first kappa shape index (κ1) is 15.3. The van der Waals surface area contributed by atoms with Crippen LogP contribution in [0, 0.1) is 0 Å². The average molecular weight is 246 g/mol. The van der Waals surface area contributed by atoms with Gasteiger partial charge in [-0.1, -0.05) is 20.4 Å². The van der Waals surface area contributed by atoms with Gasteiger partial charge in [-0.15, -0.1) is 0 Å². The van der Waals surface area contributed by atoms with Crippen molar-refractivity contribution in [2.45, 2.75) is 33.2 Å². The largest absolute Gasteiger partial charge is 0.461 e.